The van der Waals surface area contributed by atoms with Crippen LogP contribution in [0.1, 0.15) is 20.3 Å². The lowest BCUT2D eigenvalue weighted by atomic mass is 9.80. The summed E-state index contributed by atoms with van der Waals surface area (Å²) in [5, 5.41) is 0. The highest BCUT2D eigenvalue weighted by Gasteiger charge is 2.33. The van der Waals surface area contributed by atoms with Crippen LogP contribution in [0.4, 0.5) is 13.2 Å². The van der Waals surface area contributed by atoms with Gasteiger partial charge in [-0.05, 0) is 18.4 Å². The highest BCUT2D eigenvalue weighted by atomic mass is 35.5. The fraction of sp³-hybridized carbons (Fsp3) is 1.00. The Labute approximate surface area is 112 Å². The van der Waals surface area contributed by atoms with E-state index in [2.05, 4.69) is 23.5 Å². The molecule has 3 nitrogen and oxygen atoms in total. The molecule has 7 heteroatoms. The lowest BCUT2D eigenvalue weighted by Crippen LogP contribution is -2.53. The highest BCUT2D eigenvalue weighted by Crippen LogP contribution is 2.27. The summed E-state index contributed by atoms with van der Waals surface area (Å²) in [6, 6.07) is 0.162. The quantitative estimate of drug-likeness (QED) is 0.806. The van der Waals surface area contributed by atoms with Crippen LogP contribution in [0.15, 0.2) is 0 Å². The zero-order valence-corrected chi connectivity index (χ0v) is 11.6. The molecular formula is C11H22ClF3N2O. The van der Waals surface area contributed by atoms with Crippen molar-refractivity contribution in [2.24, 2.45) is 11.1 Å². The highest BCUT2D eigenvalue weighted by molar-refractivity contribution is 5.85. The zero-order valence-electron chi connectivity index (χ0n) is 10.8. The third-order valence-electron chi connectivity index (χ3n) is 3.21. The van der Waals surface area contributed by atoms with Crippen LogP contribution in [0.25, 0.3) is 0 Å². The second kappa shape index (κ2) is 6.93. The second-order valence-corrected chi connectivity index (χ2v) is 5.33. The third kappa shape index (κ3) is 6.22. The van der Waals surface area contributed by atoms with Gasteiger partial charge in [-0.3, -0.25) is 0 Å². The summed E-state index contributed by atoms with van der Waals surface area (Å²) in [7, 11) is 0. The summed E-state index contributed by atoms with van der Waals surface area (Å²) in [5.74, 6) is 0. The van der Waals surface area contributed by atoms with Crippen LogP contribution < -0.4 is 5.73 Å². The number of nitrogens with two attached hydrogens (primary N) is 1. The van der Waals surface area contributed by atoms with Crippen molar-refractivity contribution in [2.75, 3.05) is 32.8 Å². The van der Waals surface area contributed by atoms with Gasteiger partial charge in [0.1, 0.15) is 6.61 Å². The average molecular weight is 291 g/mol. The molecule has 1 aliphatic heterocycles. The first kappa shape index (κ1) is 18.0. The molecule has 1 atom stereocenters. The van der Waals surface area contributed by atoms with E-state index in [1.165, 1.54) is 0 Å². The van der Waals surface area contributed by atoms with Gasteiger partial charge in [0.25, 0.3) is 0 Å². The molecule has 110 valence electrons. The number of hydrogen-bond donors (Lipinski definition) is 1. The van der Waals surface area contributed by atoms with E-state index in [0.29, 0.717) is 6.54 Å². The van der Waals surface area contributed by atoms with Gasteiger partial charge >= 0.3 is 6.18 Å². The van der Waals surface area contributed by atoms with E-state index < -0.39 is 12.8 Å². The van der Waals surface area contributed by atoms with E-state index in [4.69, 9.17) is 5.73 Å². The Morgan fingerprint density at radius 1 is 1.39 bits per heavy atom. The summed E-state index contributed by atoms with van der Waals surface area (Å²) in [5.41, 5.74) is 6.00. The molecule has 0 aromatic heterocycles. The molecule has 0 radical (unpaired) electrons. The van der Waals surface area contributed by atoms with E-state index in [1.807, 2.05) is 0 Å². The van der Waals surface area contributed by atoms with E-state index in [9.17, 15) is 13.2 Å². The van der Waals surface area contributed by atoms with E-state index in [0.717, 1.165) is 19.5 Å². The second-order valence-electron chi connectivity index (χ2n) is 5.33. The first-order valence-corrected chi connectivity index (χ1v) is 5.83. The molecule has 0 amide bonds. The Kier molecular flexibility index (Phi) is 6.92. The Balaban J connectivity index is 0.00000289. The summed E-state index contributed by atoms with van der Waals surface area (Å²) in [4.78, 5) is 2.11. The SMILES string of the molecule is CC1(C)CN(CCOCC(F)(F)F)CCC1N.Cl. The molecule has 0 aromatic carbocycles. The molecule has 0 spiro atoms. The summed E-state index contributed by atoms with van der Waals surface area (Å²) in [6.07, 6.45) is -3.35. The van der Waals surface area contributed by atoms with Gasteiger partial charge in [0.15, 0.2) is 0 Å². The molecule has 1 saturated heterocycles. The number of ether oxygens (including phenoxy) is 1. The number of rotatable bonds is 4. The van der Waals surface area contributed by atoms with Crippen LogP contribution in [0.5, 0.6) is 0 Å². The largest absolute Gasteiger partial charge is 0.411 e. The smallest absolute Gasteiger partial charge is 0.371 e. The fourth-order valence-corrected chi connectivity index (χ4v) is 2.06. The van der Waals surface area contributed by atoms with Crippen molar-refractivity contribution in [3.05, 3.63) is 0 Å². The van der Waals surface area contributed by atoms with E-state index in [1.54, 1.807) is 0 Å². The van der Waals surface area contributed by atoms with Crippen LogP contribution in [-0.4, -0.2) is 50.0 Å². The fourth-order valence-electron chi connectivity index (χ4n) is 2.06. The number of likely N-dealkylation sites (tertiary alicyclic amines) is 1. The monoisotopic (exact) mass is 290 g/mol. The van der Waals surface area contributed by atoms with E-state index >= 15 is 0 Å². The van der Waals surface area contributed by atoms with Gasteiger partial charge in [0.05, 0.1) is 6.61 Å². The Hall–Kier alpha value is -0.0400. The predicted octanol–water partition coefficient (Wildman–Crippen LogP) is 2.05. The van der Waals surface area contributed by atoms with Crippen molar-refractivity contribution in [3.8, 4) is 0 Å². The maximum atomic E-state index is 11.8. The molecule has 0 aromatic rings. The Morgan fingerprint density at radius 2 is 2.00 bits per heavy atom. The normalized spacial score (nSPS) is 24.7. The van der Waals surface area contributed by atoms with Gasteiger partial charge in [-0.1, -0.05) is 13.8 Å². The molecular weight excluding hydrogens is 269 g/mol. The van der Waals surface area contributed by atoms with Gasteiger partial charge in [-0.25, -0.2) is 0 Å². The average Bonchev–Trinajstić information content (AvgIpc) is 2.16. The van der Waals surface area contributed by atoms with Crippen LogP contribution in [0.3, 0.4) is 0 Å². The van der Waals surface area contributed by atoms with Crippen molar-refractivity contribution in [1.82, 2.24) is 4.90 Å². The lowest BCUT2D eigenvalue weighted by molar-refractivity contribution is -0.175. The topological polar surface area (TPSA) is 38.5 Å². The minimum absolute atomic E-state index is 0. The maximum absolute atomic E-state index is 11.8. The number of piperidine rings is 1. The number of hydrogen-bond acceptors (Lipinski definition) is 3. The van der Waals surface area contributed by atoms with Crippen molar-refractivity contribution in [2.45, 2.75) is 32.5 Å². The molecule has 1 fully saturated rings. The Morgan fingerprint density at radius 3 is 2.50 bits per heavy atom. The first-order valence-electron chi connectivity index (χ1n) is 5.83. The molecule has 0 aliphatic carbocycles. The standard InChI is InChI=1S/C11H21F3N2O.ClH/c1-10(2)7-16(4-3-9(10)15)5-6-17-8-11(12,13)14;/h9H,3-8,15H2,1-2H3;1H. The number of halogens is 4. The lowest BCUT2D eigenvalue weighted by Gasteiger charge is -2.42. The van der Waals surface area contributed by atoms with Gasteiger partial charge in [-0.15, -0.1) is 12.4 Å². The van der Waals surface area contributed by atoms with Gasteiger partial charge in [-0.2, -0.15) is 13.2 Å². The van der Waals surface area contributed by atoms with Gasteiger partial charge in [0.2, 0.25) is 0 Å². The molecule has 1 rings (SSSR count). The molecule has 1 unspecified atom stereocenters. The third-order valence-corrected chi connectivity index (χ3v) is 3.21. The molecule has 0 bridgehead atoms. The van der Waals surface area contributed by atoms with E-state index in [-0.39, 0.29) is 30.5 Å². The van der Waals surface area contributed by atoms with Gasteiger partial charge < -0.3 is 15.4 Å². The van der Waals surface area contributed by atoms with Crippen molar-refractivity contribution in [1.29, 1.82) is 0 Å². The van der Waals surface area contributed by atoms with Crippen molar-refractivity contribution < 1.29 is 17.9 Å². The van der Waals surface area contributed by atoms with Crippen LogP contribution in [0.2, 0.25) is 0 Å². The zero-order chi connectivity index (χ0) is 13.1. The Bertz CT molecular complexity index is 249. The van der Waals surface area contributed by atoms with Crippen LogP contribution in [-0.2, 0) is 4.74 Å². The molecule has 18 heavy (non-hydrogen) atoms. The summed E-state index contributed by atoms with van der Waals surface area (Å²) >= 11 is 0. The van der Waals surface area contributed by atoms with Gasteiger partial charge in [0, 0.05) is 19.1 Å². The number of nitrogens with zero attached hydrogens (tertiary/aromatic N) is 1. The van der Waals surface area contributed by atoms with Crippen LogP contribution >= 0.6 is 12.4 Å². The van der Waals surface area contributed by atoms with Crippen LogP contribution in [0, 0.1) is 5.41 Å². The molecule has 0 saturated carbocycles. The minimum atomic E-state index is -4.23. The molecule has 1 aliphatic rings. The number of alkyl halides is 3. The maximum Gasteiger partial charge on any atom is 0.411 e. The first-order chi connectivity index (χ1) is 7.71. The van der Waals surface area contributed by atoms with Crippen molar-refractivity contribution >= 4 is 12.4 Å². The summed E-state index contributed by atoms with van der Waals surface area (Å²) in [6.45, 7) is 5.30. The predicted molar refractivity (Wildman–Crippen MR) is 66.9 cm³/mol. The summed E-state index contributed by atoms with van der Waals surface area (Å²) < 4.78 is 40.1. The minimum Gasteiger partial charge on any atom is -0.371 e. The van der Waals surface area contributed by atoms with Crippen molar-refractivity contribution in [3.63, 3.8) is 0 Å². The molecule has 2 N–H and O–H groups in total. The molecule has 1 heterocycles.